The number of aromatic nitrogens is 2. The van der Waals surface area contributed by atoms with Crippen LogP contribution in [0.4, 0.5) is 11.8 Å². The number of hydrogen-bond donors (Lipinski definition) is 1. The number of aryl methyl sites for hydroxylation is 1. The predicted octanol–water partition coefficient (Wildman–Crippen LogP) is 2.15. The number of piperidine rings is 1. The summed E-state index contributed by atoms with van der Waals surface area (Å²) in [7, 11) is -2.90. The van der Waals surface area contributed by atoms with Crippen molar-refractivity contribution in [3.05, 3.63) is 11.8 Å². The molecule has 0 radical (unpaired) electrons. The molecule has 3 heterocycles. The zero-order valence-corrected chi connectivity index (χ0v) is 14.8. The molecule has 6 nitrogen and oxygen atoms in total. The van der Waals surface area contributed by atoms with Gasteiger partial charge in [-0.25, -0.2) is 13.4 Å². The lowest BCUT2D eigenvalue weighted by Gasteiger charge is -2.36. The van der Waals surface area contributed by atoms with Crippen LogP contribution < -0.4 is 10.2 Å². The topological polar surface area (TPSA) is 75.2 Å². The summed E-state index contributed by atoms with van der Waals surface area (Å²) in [5.41, 5.74) is 0.916. The molecule has 0 saturated carbocycles. The molecule has 2 atom stereocenters. The second-order valence-corrected chi connectivity index (χ2v) is 8.92. The Morgan fingerprint density at radius 1 is 1.30 bits per heavy atom. The number of rotatable bonds is 4. The fourth-order valence-corrected chi connectivity index (χ4v) is 5.26. The van der Waals surface area contributed by atoms with Crippen LogP contribution in [0.1, 0.15) is 44.7 Å². The summed E-state index contributed by atoms with van der Waals surface area (Å²) in [6.07, 6.45) is 5.44. The van der Waals surface area contributed by atoms with Crippen molar-refractivity contribution >= 4 is 21.6 Å². The normalized spacial score (nSPS) is 27.1. The molecule has 23 heavy (non-hydrogen) atoms. The molecular weight excluding hydrogens is 312 g/mol. The minimum Gasteiger partial charge on any atom is -0.353 e. The van der Waals surface area contributed by atoms with Crippen LogP contribution in [-0.4, -0.2) is 48.5 Å². The van der Waals surface area contributed by atoms with Crippen molar-refractivity contribution in [2.45, 2.75) is 58.0 Å². The van der Waals surface area contributed by atoms with Crippen molar-refractivity contribution < 1.29 is 8.42 Å². The maximum absolute atomic E-state index is 11.6. The van der Waals surface area contributed by atoms with E-state index in [4.69, 9.17) is 0 Å². The fourth-order valence-electron chi connectivity index (χ4n) is 3.58. The van der Waals surface area contributed by atoms with Gasteiger partial charge >= 0.3 is 0 Å². The van der Waals surface area contributed by atoms with Crippen LogP contribution in [0.15, 0.2) is 6.07 Å². The van der Waals surface area contributed by atoms with E-state index >= 15 is 0 Å². The van der Waals surface area contributed by atoms with Gasteiger partial charge in [0.05, 0.1) is 11.5 Å². The van der Waals surface area contributed by atoms with E-state index in [2.05, 4.69) is 27.1 Å². The molecule has 2 saturated heterocycles. The summed E-state index contributed by atoms with van der Waals surface area (Å²) in [6, 6.07) is 2.50. The van der Waals surface area contributed by atoms with Gasteiger partial charge in [0.15, 0.2) is 9.84 Å². The van der Waals surface area contributed by atoms with Gasteiger partial charge in [0.1, 0.15) is 5.82 Å². The third-order valence-corrected chi connectivity index (χ3v) is 6.57. The maximum atomic E-state index is 11.6. The van der Waals surface area contributed by atoms with E-state index in [-0.39, 0.29) is 17.5 Å². The predicted molar refractivity (Wildman–Crippen MR) is 92.7 cm³/mol. The van der Waals surface area contributed by atoms with Crippen molar-refractivity contribution in [1.29, 1.82) is 0 Å². The second-order valence-electron chi connectivity index (χ2n) is 6.69. The third-order valence-electron chi connectivity index (χ3n) is 4.80. The minimum atomic E-state index is -2.90. The van der Waals surface area contributed by atoms with E-state index in [0.29, 0.717) is 18.4 Å². The number of hydrogen-bond acceptors (Lipinski definition) is 6. The van der Waals surface area contributed by atoms with Crippen LogP contribution in [0.2, 0.25) is 0 Å². The Labute approximate surface area is 138 Å². The number of nitrogens with zero attached hydrogens (tertiary/aromatic N) is 3. The summed E-state index contributed by atoms with van der Waals surface area (Å²) in [5.74, 6) is 1.96. The fraction of sp³-hybridized carbons (Fsp3) is 0.750. The van der Waals surface area contributed by atoms with Gasteiger partial charge in [-0.3, -0.25) is 0 Å². The number of anilines is 2. The molecule has 0 bridgehead atoms. The van der Waals surface area contributed by atoms with Crippen molar-refractivity contribution in [3.63, 3.8) is 0 Å². The highest BCUT2D eigenvalue weighted by Gasteiger charge is 2.29. The van der Waals surface area contributed by atoms with Gasteiger partial charge in [0.2, 0.25) is 5.95 Å². The zero-order valence-electron chi connectivity index (χ0n) is 14.0. The largest absolute Gasteiger partial charge is 0.353 e. The van der Waals surface area contributed by atoms with E-state index in [0.717, 1.165) is 24.5 Å². The van der Waals surface area contributed by atoms with Crippen LogP contribution in [-0.2, 0) is 9.84 Å². The summed E-state index contributed by atoms with van der Waals surface area (Å²) >= 11 is 0. The quantitative estimate of drug-likeness (QED) is 0.907. The van der Waals surface area contributed by atoms with Gasteiger partial charge in [0, 0.05) is 30.4 Å². The monoisotopic (exact) mass is 338 g/mol. The van der Waals surface area contributed by atoms with Gasteiger partial charge in [-0.15, -0.1) is 0 Å². The minimum absolute atomic E-state index is 0.0713. The van der Waals surface area contributed by atoms with Crippen LogP contribution >= 0.6 is 0 Å². The highest BCUT2D eigenvalue weighted by molar-refractivity contribution is 7.91. The Morgan fingerprint density at radius 3 is 2.83 bits per heavy atom. The average molecular weight is 338 g/mol. The molecule has 2 unspecified atom stereocenters. The molecule has 2 aliphatic rings. The lowest BCUT2D eigenvalue weighted by atomic mass is 10.00. The van der Waals surface area contributed by atoms with E-state index in [9.17, 15) is 8.42 Å². The van der Waals surface area contributed by atoms with Crippen molar-refractivity contribution in [3.8, 4) is 0 Å². The van der Waals surface area contributed by atoms with E-state index in [1.807, 2.05) is 13.0 Å². The summed E-state index contributed by atoms with van der Waals surface area (Å²) in [5, 5.41) is 3.22. The first-order chi connectivity index (χ1) is 11.0. The van der Waals surface area contributed by atoms with Gasteiger partial charge in [-0.2, -0.15) is 4.98 Å². The lowest BCUT2D eigenvalue weighted by Crippen LogP contribution is -2.40. The Balaban J connectivity index is 1.79. The molecule has 2 fully saturated rings. The molecule has 0 spiro atoms. The molecule has 128 valence electrons. The van der Waals surface area contributed by atoms with Gasteiger partial charge < -0.3 is 10.2 Å². The number of nitrogens with one attached hydrogen (secondary N) is 1. The Bertz CT molecular complexity index is 662. The van der Waals surface area contributed by atoms with Gasteiger partial charge in [-0.05, 0) is 39.0 Å². The van der Waals surface area contributed by atoms with Crippen molar-refractivity contribution in [2.24, 2.45) is 0 Å². The Morgan fingerprint density at radius 2 is 2.13 bits per heavy atom. The first-order valence-corrected chi connectivity index (χ1v) is 10.4. The molecule has 0 aromatic carbocycles. The van der Waals surface area contributed by atoms with Gasteiger partial charge in [-0.1, -0.05) is 6.92 Å². The maximum Gasteiger partial charge on any atom is 0.225 e. The third kappa shape index (κ3) is 3.94. The van der Waals surface area contributed by atoms with E-state index < -0.39 is 9.84 Å². The SMILES string of the molecule is CCC1CCCCN1c1cc(C)nc(NC2CCS(=O)(=O)C2)n1. The summed E-state index contributed by atoms with van der Waals surface area (Å²) < 4.78 is 23.2. The van der Waals surface area contributed by atoms with Crippen LogP contribution in [0.5, 0.6) is 0 Å². The molecule has 1 aromatic heterocycles. The molecule has 3 rings (SSSR count). The van der Waals surface area contributed by atoms with E-state index in [1.54, 1.807) is 0 Å². The zero-order chi connectivity index (χ0) is 16.4. The van der Waals surface area contributed by atoms with Crippen molar-refractivity contribution in [2.75, 3.05) is 28.3 Å². The lowest BCUT2D eigenvalue weighted by molar-refractivity contribution is 0.446. The Hall–Kier alpha value is -1.37. The second kappa shape index (κ2) is 6.63. The number of sulfone groups is 1. The van der Waals surface area contributed by atoms with Crippen molar-refractivity contribution in [1.82, 2.24) is 9.97 Å². The standard InChI is InChI=1S/C16H26N4O2S/c1-3-14-6-4-5-8-20(14)15-10-12(2)17-16(19-15)18-13-7-9-23(21,22)11-13/h10,13-14H,3-9,11H2,1-2H3,(H,17,18,19). The molecular formula is C16H26N4O2S. The smallest absolute Gasteiger partial charge is 0.225 e. The molecule has 0 aliphatic carbocycles. The average Bonchev–Trinajstić information content (AvgIpc) is 2.85. The highest BCUT2D eigenvalue weighted by Crippen LogP contribution is 2.26. The van der Waals surface area contributed by atoms with Crippen LogP contribution in [0, 0.1) is 6.92 Å². The summed E-state index contributed by atoms with van der Waals surface area (Å²) in [6.45, 7) is 5.22. The molecule has 7 heteroatoms. The first kappa shape index (κ1) is 16.5. The molecule has 1 aromatic rings. The molecule has 0 amide bonds. The highest BCUT2D eigenvalue weighted by atomic mass is 32.2. The molecule has 1 N–H and O–H groups in total. The first-order valence-electron chi connectivity index (χ1n) is 8.56. The Kier molecular flexibility index (Phi) is 4.75. The van der Waals surface area contributed by atoms with Crippen LogP contribution in [0.25, 0.3) is 0 Å². The van der Waals surface area contributed by atoms with Gasteiger partial charge in [0.25, 0.3) is 0 Å². The van der Waals surface area contributed by atoms with Crippen LogP contribution in [0.3, 0.4) is 0 Å². The molecule has 2 aliphatic heterocycles. The summed E-state index contributed by atoms with van der Waals surface area (Å²) in [4.78, 5) is 11.5. The van der Waals surface area contributed by atoms with E-state index in [1.165, 1.54) is 19.3 Å².